The van der Waals surface area contributed by atoms with Gasteiger partial charge in [-0.2, -0.15) is 0 Å². The molecule has 0 fully saturated rings. The quantitative estimate of drug-likeness (QED) is 0.826. The van der Waals surface area contributed by atoms with Gasteiger partial charge in [0.1, 0.15) is 6.04 Å². The number of aliphatic imine (C=N–C) groups is 1. The van der Waals surface area contributed by atoms with Crippen molar-refractivity contribution in [1.29, 1.82) is 0 Å². The fraction of sp³-hybridized carbons (Fsp3) is 0.364. The molecule has 2 heterocycles. The van der Waals surface area contributed by atoms with Crippen LogP contribution in [0.25, 0.3) is 0 Å². The van der Waals surface area contributed by atoms with E-state index in [1.165, 1.54) is 14.0 Å². The molecule has 0 saturated heterocycles. The van der Waals surface area contributed by atoms with Crippen LogP contribution in [0.1, 0.15) is 24.2 Å². The molecule has 5 nitrogen and oxygen atoms in total. The molecule has 1 aliphatic rings. The van der Waals surface area contributed by atoms with Crippen molar-refractivity contribution >= 4 is 12.2 Å². The maximum Gasteiger partial charge on any atom is 0.338 e. The highest BCUT2D eigenvalue weighted by atomic mass is 16.5. The Hall–Kier alpha value is -1.75. The molecule has 0 amide bonds. The Labute approximate surface area is 92.8 Å². The summed E-state index contributed by atoms with van der Waals surface area (Å²) in [6.07, 6.45) is 3.26. The Kier molecular flexibility index (Phi) is 2.47. The Morgan fingerprint density at radius 1 is 1.62 bits per heavy atom. The summed E-state index contributed by atoms with van der Waals surface area (Å²) in [4.78, 5) is 19.6. The average molecular weight is 220 g/mol. The average Bonchev–Trinajstić information content (AvgIpc) is 2.72. The number of methoxy groups -OCH3 is 1. The van der Waals surface area contributed by atoms with E-state index in [2.05, 4.69) is 9.98 Å². The summed E-state index contributed by atoms with van der Waals surface area (Å²) in [5.41, 5.74) is 0.113. The van der Waals surface area contributed by atoms with Gasteiger partial charge in [0.15, 0.2) is 5.60 Å². The van der Waals surface area contributed by atoms with Crippen LogP contribution in [0.4, 0.5) is 0 Å². The van der Waals surface area contributed by atoms with E-state index in [1.807, 2.05) is 6.07 Å². The summed E-state index contributed by atoms with van der Waals surface area (Å²) in [5.74, 6) is -1.05. The van der Waals surface area contributed by atoms with Crippen molar-refractivity contribution in [2.75, 3.05) is 7.11 Å². The molecule has 1 N–H and O–H groups in total. The first-order valence-electron chi connectivity index (χ1n) is 4.86. The van der Waals surface area contributed by atoms with Gasteiger partial charge in [-0.25, -0.2) is 4.79 Å². The Morgan fingerprint density at radius 2 is 2.38 bits per heavy atom. The predicted molar refractivity (Wildman–Crippen MR) is 57.6 cm³/mol. The molecule has 2 unspecified atom stereocenters. The van der Waals surface area contributed by atoms with Gasteiger partial charge in [-0.05, 0) is 13.0 Å². The van der Waals surface area contributed by atoms with Crippen LogP contribution >= 0.6 is 0 Å². The number of rotatable bonds is 3. The van der Waals surface area contributed by atoms with Crippen LogP contribution in [0, 0.1) is 0 Å². The molecule has 0 saturated carbocycles. The highest BCUT2D eigenvalue weighted by Gasteiger charge is 2.45. The zero-order chi connectivity index (χ0) is 11.8. The molecule has 2 atom stereocenters. The lowest BCUT2D eigenvalue weighted by Gasteiger charge is -2.27. The van der Waals surface area contributed by atoms with Gasteiger partial charge in [0.25, 0.3) is 0 Å². The van der Waals surface area contributed by atoms with E-state index < -0.39 is 17.6 Å². The third kappa shape index (κ3) is 1.40. The number of nitrogens with zero attached hydrogens (tertiary/aromatic N) is 2. The first-order chi connectivity index (χ1) is 7.59. The fourth-order valence-electron chi connectivity index (χ4n) is 1.71. The summed E-state index contributed by atoms with van der Waals surface area (Å²) < 4.78 is 5.09. The number of fused-ring (bicyclic) bond motifs is 1. The van der Waals surface area contributed by atoms with Gasteiger partial charge >= 0.3 is 5.97 Å². The van der Waals surface area contributed by atoms with Crippen molar-refractivity contribution < 1.29 is 14.6 Å². The Bertz CT molecular complexity index is 458. The van der Waals surface area contributed by atoms with Crippen molar-refractivity contribution in [2.45, 2.75) is 18.6 Å². The zero-order valence-corrected chi connectivity index (χ0v) is 9.04. The topological polar surface area (TPSA) is 71.8 Å². The van der Waals surface area contributed by atoms with E-state index >= 15 is 0 Å². The molecule has 0 radical (unpaired) electrons. The van der Waals surface area contributed by atoms with Crippen LogP contribution < -0.4 is 0 Å². The van der Waals surface area contributed by atoms with Gasteiger partial charge in [-0.15, -0.1) is 0 Å². The molecule has 1 aromatic heterocycles. The number of carboxylic acids is 1. The number of carboxylic acid groups (broad SMARTS) is 1. The number of aliphatic carboxylic acids is 1. The minimum absolute atomic E-state index is 0.591. The van der Waals surface area contributed by atoms with Crippen molar-refractivity contribution in [1.82, 2.24) is 4.98 Å². The standard InChI is InChI=1S/C11H12N2O3/c1-11(16-2,10(14)15)9-8-7(6-13-9)4-3-5-12-8/h3-6,9H,1-2H3,(H,14,15). The molecular weight excluding hydrogens is 208 g/mol. The second-order valence-corrected chi connectivity index (χ2v) is 3.77. The molecule has 2 rings (SSSR count). The summed E-state index contributed by atoms with van der Waals surface area (Å²) in [6.45, 7) is 1.50. The molecule has 0 spiro atoms. The summed E-state index contributed by atoms with van der Waals surface area (Å²) in [6, 6.07) is 3.05. The first-order valence-corrected chi connectivity index (χ1v) is 4.86. The predicted octanol–water partition coefficient (Wildman–Crippen LogP) is 1.04. The minimum Gasteiger partial charge on any atom is -0.479 e. The highest BCUT2D eigenvalue weighted by molar-refractivity contribution is 5.87. The fourth-order valence-corrected chi connectivity index (χ4v) is 1.71. The summed E-state index contributed by atoms with van der Waals surface area (Å²) >= 11 is 0. The number of hydrogen-bond acceptors (Lipinski definition) is 4. The SMILES string of the molecule is COC(C)(C(=O)O)C1N=Cc2cccnc21. The Balaban J connectivity index is 2.45. The summed E-state index contributed by atoms with van der Waals surface area (Å²) in [7, 11) is 1.37. The molecular formula is C11H12N2O3. The third-order valence-electron chi connectivity index (χ3n) is 2.86. The second kappa shape index (κ2) is 3.68. The number of ether oxygens (including phenoxy) is 1. The van der Waals surface area contributed by atoms with Gasteiger partial charge in [0.05, 0.1) is 5.69 Å². The van der Waals surface area contributed by atoms with Crippen LogP contribution in [0.3, 0.4) is 0 Å². The van der Waals surface area contributed by atoms with E-state index in [9.17, 15) is 9.90 Å². The molecule has 0 aliphatic carbocycles. The first kappa shape index (κ1) is 10.8. The van der Waals surface area contributed by atoms with E-state index in [1.54, 1.807) is 18.5 Å². The van der Waals surface area contributed by atoms with Crippen LogP contribution in [0.15, 0.2) is 23.3 Å². The molecule has 0 aromatic carbocycles. The molecule has 1 aliphatic heterocycles. The minimum atomic E-state index is -1.38. The molecule has 0 bridgehead atoms. The molecule has 5 heteroatoms. The number of pyridine rings is 1. The molecule has 1 aromatic rings. The van der Waals surface area contributed by atoms with Crippen LogP contribution in [-0.4, -0.2) is 35.0 Å². The monoisotopic (exact) mass is 220 g/mol. The maximum absolute atomic E-state index is 11.2. The van der Waals surface area contributed by atoms with E-state index in [4.69, 9.17) is 4.74 Å². The van der Waals surface area contributed by atoms with Gasteiger partial charge in [0, 0.05) is 25.1 Å². The largest absolute Gasteiger partial charge is 0.479 e. The van der Waals surface area contributed by atoms with Gasteiger partial charge in [-0.3, -0.25) is 9.98 Å². The third-order valence-corrected chi connectivity index (χ3v) is 2.86. The van der Waals surface area contributed by atoms with E-state index in [0.717, 1.165) is 5.56 Å². The van der Waals surface area contributed by atoms with Crippen LogP contribution in [0.2, 0.25) is 0 Å². The van der Waals surface area contributed by atoms with Crippen LogP contribution in [-0.2, 0) is 9.53 Å². The van der Waals surface area contributed by atoms with Crippen molar-refractivity contribution in [2.24, 2.45) is 4.99 Å². The molecule has 16 heavy (non-hydrogen) atoms. The number of carbonyl (C=O) groups is 1. The lowest BCUT2D eigenvalue weighted by atomic mass is 9.93. The highest BCUT2D eigenvalue weighted by Crippen LogP contribution is 2.36. The normalized spacial score (nSPS) is 21.5. The van der Waals surface area contributed by atoms with Crippen molar-refractivity contribution in [3.8, 4) is 0 Å². The number of hydrogen-bond donors (Lipinski definition) is 1. The lowest BCUT2D eigenvalue weighted by molar-refractivity contribution is -0.162. The van der Waals surface area contributed by atoms with E-state index in [0.29, 0.717) is 5.69 Å². The Morgan fingerprint density at radius 3 is 3.00 bits per heavy atom. The van der Waals surface area contributed by atoms with E-state index in [-0.39, 0.29) is 0 Å². The molecule has 84 valence electrons. The summed E-state index contributed by atoms with van der Waals surface area (Å²) in [5, 5.41) is 9.19. The van der Waals surface area contributed by atoms with Gasteiger partial charge in [0.2, 0.25) is 0 Å². The smallest absolute Gasteiger partial charge is 0.338 e. The second-order valence-electron chi connectivity index (χ2n) is 3.77. The van der Waals surface area contributed by atoms with Crippen LogP contribution in [0.5, 0.6) is 0 Å². The van der Waals surface area contributed by atoms with Crippen molar-refractivity contribution in [3.05, 3.63) is 29.6 Å². The maximum atomic E-state index is 11.2. The number of aromatic nitrogens is 1. The van der Waals surface area contributed by atoms with Gasteiger partial charge < -0.3 is 9.84 Å². The van der Waals surface area contributed by atoms with Gasteiger partial charge in [-0.1, -0.05) is 6.07 Å². The zero-order valence-electron chi connectivity index (χ0n) is 9.04. The van der Waals surface area contributed by atoms with Crippen molar-refractivity contribution in [3.63, 3.8) is 0 Å². The lowest BCUT2D eigenvalue weighted by Crippen LogP contribution is -2.42.